The third-order valence-electron chi connectivity index (χ3n) is 1.87. The van der Waals surface area contributed by atoms with Gasteiger partial charge in [0.15, 0.2) is 0 Å². The summed E-state index contributed by atoms with van der Waals surface area (Å²) in [4.78, 5) is 1.79. The van der Waals surface area contributed by atoms with Crippen LogP contribution in [0.2, 0.25) is 0 Å². The van der Waals surface area contributed by atoms with E-state index in [-0.39, 0.29) is 6.10 Å². The van der Waals surface area contributed by atoms with Crippen LogP contribution >= 0.6 is 15.9 Å². The van der Waals surface area contributed by atoms with E-state index in [2.05, 4.69) is 15.9 Å². The average Bonchev–Trinajstić information content (AvgIpc) is 2.26. The highest BCUT2D eigenvalue weighted by Gasteiger charge is 1.96. The highest BCUT2D eigenvalue weighted by Crippen LogP contribution is 2.01. The minimum absolute atomic E-state index is 0.0696. The Morgan fingerprint density at radius 1 is 1.33 bits per heavy atom. The number of ether oxygens (including phenoxy) is 2. The second kappa shape index (κ2) is 7.63. The van der Waals surface area contributed by atoms with Gasteiger partial charge >= 0.3 is 0 Å². The van der Waals surface area contributed by atoms with Crippen LogP contribution < -0.4 is 0 Å². The third kappa shape index (κ3) is 5.72. The molecule has 0 saturated heterocycles. The van der Waals surface area contributed by atoms with E-state index in [4.69, 9.17) is 9.47 Å². The maximum absolute atomic E-state index is 5.37. The molecule has 0 spiro atoms. The van der Waals surface area contributed by atoms with Crippen LogP contribution in [0.5, 0.6) is 0 Å². The predicted octanol–water partition coefficient (Wildman–Crippen LogP) is 3.47. The van der Waals surface area contributed by atoms with E-state index in [9.17, 15) is 0 Å². The summed E-state index contributed by atoms with van der Waals surface area (Å²) in [5, 5.41) is 0. The van der Waals surface area contributed by atoms with Gasteiger partial charge in [0.05, 0.1) is 12.7 Å². The number of hydrogen-bond acceptors (Lipinski definition) is 2. The summed E-state index contributed by atoms with van der Waals surface area (Å²) < 4.78 is 10.7. The quantitative estimate of drug-likeness (QED) is 0.582. The molecule has 0 N–H and O–H groups in total. The van der Waals surface area contributed by atoms with Gasteiger partial charge < -0.3 is 9.47 Å². The van der Waals surface area contributed by atoms with Crippen molar-refractivity contribution in [1.82, 2.24) is 0 Å². The monoisotopic (exact) mass is 270 g/mol. The lowest BCUT2D eigenvalue weighted by molar-refractivity contribution is -0.0774. The summed E-state index contributed by atoms with van der Waals surface area (Å²) in [5.74, 6) is 0. The molecule has 0 aliphatic rings. The Labute approximate surface area is 99.0 Å². The third-order valence-corrected chi connectivity index (χ3v) is 2.17. The van der Waals surface area contributed by atoms with Gasteiger partial charge in [-0.05, 0) is 23.5 Å². The molecule has 0 aromatic heterocycles. The van der Waals surface area contributed by atoms with E-state index in [0.29, 0.717) is 13.4 Å². The van der Waals surface area contributed by atoms with Crippen LogP contribution in [0, 0.1) is 0 Å². The van der Waals surface area contributed by atoms with Crippen LogP contribution in [0.25, 0.3) is 0 Å². The number of hydrogen-bond donors (Lipinski definition) is 0. The van der Waals surface area contributed by atoms with Gasteiger partial charge in [-0.1, -0.05) is 46.3 Å². The molecule has 0 saturated carbocycles. The Bertz CT molecular complexity index is 285. The summed E-state index contributed by atoms with van der Waals surface area (Å²) >= 11 is 3.19. The van der Waals surface area contributed by atoms with Gasteiger partial charge in [0.1, 0.15) is 6.79 Å². The topological polar surface area (TPSA) is 18.5 Å². The van der Waals surface area contributed by atoms with E-state index < -0.39 is 0 Å². The Hall–Kier alpha value is -0.640. The summed E-state index contributed by atoms with van der Waals surface area (Å²) in [7, 11) is 0. The van der Waals surface area contributed by atoms with E-state index in [0.717, 1.165) is 5.56 Å². The van der Waals surface area contributed by atoms with Crippen molar-refractivity contribution in [2.75, 3.05) is 6.79 Å². The number of halogens is 1. The maximum atomic E-state index is 5.37. The molecule has 82 valence electrons. The molecule has 3 heteroatoms. The fourth-order valence-corrected chi connectivity index (χ4v) is 1.48. The van der Waals surface area contributed by atoms with E-state index in [1.807, 2.05) is 43.3 Å². The molecule has 1 atom stereocenters. The lowest BCUT2D eigenvalue weighted by Gasteiger charge is -2.09. The number of benzene rings is 1. The van der Waals surface area contributed by atoms with Gasteiger partial charge in [0.2, 0.25) is 0 Å². The molecule has 0 radical (unpaired) electrons. The Balaban J connectivity index is 2.12. The van der Waals surface area contributed by atoms with E-state index >= 15 is 0 Å². The lowest BCUT2D eigenvalue weighted by atomic mass is 10.2. The zero-order valence-corrected chi connectivity index (χ0v) is 10.3. The SMILES string of the molecule is CC(/C=C/Br)OCOCc1ccccc1. The molecule has 0 heterocycles. The first-order valence-electron chi connectivity index (χ1n) is 4.83. The summed E-state index contributed by atoms with van der Waals surface area (Å²) in [6.07, 6.45) is 1.98. The van der Waals surface area contributed by atoms with Crippen molar-refractivity contribution in [1.29, 1.82) is 0 Å². The van der Waals surface area contributed by atoms with Crippen LogP contribution in [0.3, 0.4) is 0 Å². The van der Waals surface area contributed by atoms with Crippen molar-refractivity contribution in [3.63, 3.8) is 0 Å². The normalized spacial score (nSPS) is 13.2. The molecular formula is C12H15BrO2. The van der Waals surface area contributed by atoms with Crippen LogP contribution in [0.1, 0.15) is 12.5 Å². The average molecular weight is 271 g/mol. The molecule has 0 aliphatic heterocycles. The lowest BCUT2D eigenvalue weighted by Crippen LogP contribution is -2.08. The summed E-state index contributed by atoms with van der Waals surface area (Å²) in [6.45, 7) is 2.86. The van der Waals surface area contributed by atoms with Crippen molar-refractivity contribution in [2.24, 2.45) is 0 Å². The zero-order chi connectivity index (χ0) is 10.9. The second-order valence-corrected chi connectivity index (χ2v) is 3.67. The van der Waals surface area contributed by atoms with Crippen LogP contribution in [0.15, 0.2) is 41.4 Å². The highest BCUT2D eigenvalue weighted by molar-refractivity contribution is 9.11. The fraction of sp³-hybridized carbons (Fsp3) is 0.333. The summed E-state index contributed by atoms with van der Waals surface area (Å²) in [5.41, 5.74) is 1.16. The van der Waals surface area contributed by atoms with E-state index in [1.165, 1.54) is 0 Å². The summed E-state index contributed by atoms with van der Waals surface area (Å²) in [6, 6.07) is 10.0. The Kier molecular flexibility index (Phi) is 6.32. The largest absolute Gasteiger partial charge is 0.351 e. The van der Waals surface area contributed by atoms with Crippen molar-refractivity contribution >= 4 is 15.9 Å². The zero-order valence-electron chi connectivity index (χ0n) is 8.73. The molecule has 1 aromatic carbocycles. The molecular weight excluding hydrogens is 256 g/mol. The van der Waals surface area contributed by atoms with Gasteiger partial charge in [-0.2, -0.15) is 0 Å². The Morgan fingerprint density at radius 2 is 2.07 bits per heavy atom. The van der Waals surface area contributed by atoms with Crippen molar-refractivity contribution in [3.8, 4) is 0 Å². The molecule has 0 bridgehead atoms. The fourth-order valence-electron chi connectivity index (χ4n) is 1.05. The first kappa shape index (κ1) is 12.4. The Morgan fingerprint density at radius 3 is 2.73 bits per heavy atom. The van der Waals surface area contributed by atoms with Crippen LogP contribution in [-0.2, 0) is 16.1 Å². The molecule has 1 rings (SSSR count). The minimum Gasteiger partial charge on any atom is -0.351 e. The molecule has 0 aliphatic carbocycles. The molecule has 1 aromatic rings. The first-order valence-corrected chi connectivity index (χ1v) is 5.74. The van der Waals surface area contributed by atoms with Gasteiger partial charge in [-0.15, -0.1) is 0 Å². The molecule has 1 unspecified atom stereocenters. The standard InChI is InChI=1S/C12H15BrO2/c1-11(7-8-13)15-10-14-9-12-5-3-2-4-6-12/h2-8,11H,9-10H2,1H3/b8-7+. The molecule has 0 fully saturated rings. The van der Waals surface area contributed by atoms with Gasteiger partial charge in [-0.25, -0.2) is 0 Å². The van der Waals surface area contributed by atoms with Crippen molar-refractivity contribution < 1.29 is 9.47 Å². The molecule has 2 nitrogen and oxygen atoms in total. The van der Waals surface area contributed by atoms with Gasteiger partial charge in [0, 0.05) is 0 Å². The van der Waals surface area contributed by atoms with Crippen LogP contribution in [0.4, 0.5) is 0 Å². The van der Waals surface area contributed by atoms with Crippen molar-refractivity contribution in [3.05, 3.63) is 47.0 Å². The second-order valence-electron chi connectivity index (χ2n) is 3.14. The molecule has 15 heavy (non-hydrogen) atoms. The minimum atomic E-state index is 0.0696. The highest BCUT2D eigenvalue weighted by atomic mass is 79.9. The molecule has 0 amide bonds. The smallest absolute Gasteiger partial charge is 0.147 e. The predicted molar refractivity (Wildman–Crippen MR) is 64.7 cm³/mol. The van der Waals surface area contributed by atoms with Crippen molar-refractivity contribution in [2.45, 2.75) is 19.6 Å². The van der Waals surface area contributed by atoms with Gasteiger partial charge in [0.25, 0.3) is 0 Å². The van der Waals surface area contributed by atoms with Crippen LogP contribution in [-0.4, -0.2) is 12.9 Å². The van der Waals surface area contributed by atoms with E-state index in [1.54, 1.807) is 4.99 Å². The first-order chi connectivity index (χ1) is 7.33. The maximum Gasteiger partial charge on any atom is 0.147 e. The van der Waals surface area contributed by atoms with Gasteiger partial charge in [-0.3, -0.25) is 0 Å². The number of rotatable bonds is 6.